The molecule has 1 aromatic heterocycles. The molecule has 0 aliphatic heterocycles. The second-order valence-electron chi connectivity index (χ2n) is 9.05. The standard InChI is InChI=1S/C14H13N.C11H12N2.C9H19N/c1-2-15-14-11-7-6-10-13(14)12-8-4-3-5-9-12;1-2-3-8-11-12-9-6-4-5-7-10(9)13-11;1-4-5-6-7-8-9(2)10-3/h2-11,15H,1H2;2,4-7H,1,3,8H2,(H,12,13);4,9-10H,1,5-8H2,2-3H3. The second-order valence-corrected chi connectivity index (χ2v) is 9.05. The molecule has 0 aliphatic carbocycles. The average Bonchev–Trinajstić information content (AvgIpc) is 3.39. The van der Waals surface area contributed by atoms with Crippen molar-refractivity contribution in [2.75, 3.05) is 12.4 Å². The zero-order valence-electron chi connectivity index (χ0n) is 23.1. The van der Waals surface area contributed by atoms with Gasteiger partial charge in [-0.3, -0.25) is 0 Å². The van der Waals surface area contributed by atoms with E-state index in [9.17, 15) is 0 Å². The van der Waals surface area contributed by atoms with Crippen molar-refractivity contribution in [1.82, 2.24) is 15.3 Å². The number of unbranched alkanes of at least 4 members (excludes halogenated alkanes) is 2. The van der Waals surface area contributed by atoms with Crippen LogP contribution in [0.1, 0.15) is 44.9 Å². The molecule has 1 atom stereocenters. The SMILES string of the molecule is C=CCCCCC(C)NC.C=CCCc1nc2ccccc2[nH]1.C=CNc1ccccc1-c1ccccc1. The van der Waals surface area contributed by atoms with Gasteiger partial charge >= 0.3 is 0 Å². The van der Waals surface area contributed by atoms with E-state index < -0.39 is 0 Å². The summed E-state index contributed by atoms with van der Waals surface area (Å²) in [6, 6.07) is 27.2. The highest BCUT2D eigenvalue weighted by Crippen LogP contribution is 2.27. The van der Waals surface area contributed by atoms with Crippen LogP contribution >= 0.6 is 0 Å². The summed E-state index contributed by atoms with van der Waals surface area (Å²) in [5.74, 6) is 1.04. The van der Waals surface area contributed by atoms with Gasteiger partial charge in [-0.2, -0.15) is 0 Å². The van der Waals surface area contributed by atoms with E-state index in [-0.39, 0.29) is 0 Å². The molecule has 1 unspecified atom stereocenters. The lowest BCUT2D eigenvalue weighted by Gasteiger charge is -2.08. The molecule has 0 saturated heterocycles. The predicted molar refractivity (Wildman–Crippen MR) is 167 cm³/mol. The topological polar surface area (TPSA) is 52.7 Å². The maximum absolute atomic E-state index is 4.45. The Morgan fingerprint density at radius 3 is 2.21 bits per heavy atom. The predicted octanol–water partition coefficient (Wildman–Crippen LogP) is 8.93. The molecule has 38 heavy (non-hydrogen) atoms. The summed E-state index contributed by atoms with van der Waals surface area (Å²) in [7, 11) is 2.01. The minimum Gasteiger partial charge on any atom is -0.362 e. The van der Waals surface area contributed by atoms with Gasteiger partial charge in [-0.15, -0.1) is 13.2 Å². The Labute approximate surface area is 229 Å². The van der Waals surface area contributed by atoms with Crippen molar-refractivity contribution >= 4 is 16.7 Å². The lowest BCUT2D eigenvalue weighted by atomic mass is 10.0. The number of allylic oxidation sites excluding steroid dienone is 2. The minimum atomic E-state index is 0.671. The molecule has 4 aromatic rings. The van der Waals surface area contributed by atoms with Crippen LogP contribution in [-0.2, 0) is 6.42 Å². The van der Waals surface area contributed by atoms with E-state index in [0.29, 0.717) is 6.04 Å². The number of para-hydroxylation sites is 3. The van der Waals surface area contributed by atoms with Crippen LogP contribution in [0.3, 0.4) is 0 Å². The highest BCUT2D eigenvalue weighted by atomic mass is 14.9. The third-order valence-corrected chi connectivity index (χ3v) is 6.08. The van der Waals surface area contributed by atoms with Crippen molar-refractivity contribution in [3.8, 4) is 11.1 Å². The molecule has 0 fully saturated rings. The Bertz CT molecular complexity index is 1180. The van der Waals surface area contributed by atoms with Gasteiger partial charge in [0.25, 0.3) is 0 Å². The van der Waals surface area contributed by atoms with Crippen LogP contribution in [-0.4, -0.2) is 23.1 Å². The minimum absolute atomic E-state index is 0.671. The van der Waals surface area contributed by atoms with Crippen molar-refractivity contribution in [2.45, 2.75) is 51.5 Å². The van der Waals surface area contributed by atoms with E-state index in [1.807, 2.05) is 79.9 Å². The molecular formula is C34H44N4. The zero-order chi connectivity index (χ0) is 27.4. The van der Waals surface area contributed by atoms with E-state index in [4.69, 9.17) is 0 Å². The normalized spacial score (nSPS) is 10.8. The molecule has 3 aromatic carbocycles. The van der Waals surface area contributed by atoms with E-state index in [2.05, 4.69) is 65.5 Å². The summed E-state index contributed by atoms with van der Waals surface area (Å²) in [6.45, 7) is 13.3. The molecule has 0 radical (unpaired) electrons. The van der Waals surface area contributed by atoms with Gasteiger partial charge in [-0.25, -0.2) is 4.98 Å². The average molecular weight is 509 g/mol. The van der Waals surface area contributed by atoms with Gasteiger partial charge < -0.3 is 15.6 Å². The third kappa shape index (κ3) is 11.0. The fourth-order valence-corrected chi connectivity index (χ4v) is 3.83. The molecule has 4 nitrogen and oxygen atoms in total. The third-order valence-electron chi connectivity index (χ3n) is 6.08. The number of imidazole rings is 1. The smallest absolute Gasteiger partial charge is 0.107 e. The van der Waals surface area contributed by atoms with Gasteiger partial charge in [0, 0.05) is 23.7 Å². The van der Waals surface area contributed by atoms with E-state index >= 15 is 0 Å². The molecule has 4 rings (SSSR count). The maximum Gasteiger partial charge on any atom is 0.107 e. The number of nitrogens with one attached hydrogen (secondary N) is 3. The fraction of sp³-hybridized carbons (Fsp3) is 0.265. The van der Waals surface area contributed by atoms with Crippen molar-refractivity contribution in [3.05, 3.63) is 123 Å². The van der Waals surface area contributed by atoms with Crippen LogP contribution in [0.4, 0.5) is 5.69 Å². The van der Waals surface area contributed by atoms with Crippen LogP contribution in [0.2, 0.25) is 0 Å². The highest BCUT2D eigenvalue weighted by molar-refractivity contribution is 5.78. The quantitative estimate of drug-likeness (QED) is 0.132. The molecule has 0 bridgehead atoms. The monoisotopic (exact) mass is 508 g/mol. The van der Waals surface area contributed by atoms with Crippen LogP contribution in [0.25, 0.3) is 22.2 Å². The first-order chi connectivity index (χ1) is 18.6. The summed E-state index contributed by atoms with van der Waals surface area (Å²) >= 11 is 0. The fourth-order valence-electron chi connectivity index (χ4n) is 3.83. The molecule has 0 spiro atoms. The van der Waals surface area contributed by atoms with Crippen molar-refractivity contribution < 1.29 is 0 Å². The van der Waals surface area contributed by atoms with Crippen molar-refractivity contribution in [1.29, 1.82) is 0 Å². The number of H-pyrrole nitrogens is 1. The molecular weight excluding hydrogens is 464 g/mol. The maximum atomic E-state index is 4.45. The first-order valence-electron chi connectivity index (χ1n) is 13.5. The Kier molecular flexibility index (Phi) is 14.7. The van der Waals surface area contributed by atoms with Gasteiger partial charge in [-0.1, -0.05) is 85.8 Å². The summed E-state index contributed by atoms with van der Waals surface area (Å²) in [4.78, 5) is 7.72. The van der Waals surface area contributed by atoms with E-state index in [0.717, 1.165) is 41.8 Å². The number of aromatic amines is 1. The Balaban J connectivity index is 0.000000205. The summed E-state index contributed by atoms with van der Waals surface area (Å²) in [6.07, 6.45) is 12.6. The molecule has 0 saturated carbocycles. The number of rotatable bonds is 12. The molecule has 3 N–H and O–H groups in total. The largest absolute Gasteiger partial charge is 0.362 e. The van der Waals surface area contributed by atoms with Gasteiger partial charge in [0.2, 0.25) is 0 Å². The van der Waals surface area contributed by atoms with Crippen molar-refractivity contribution in [2.24, 2.45) is 0 Å². The van der Waals surface area contributed by atoms with E-state index in [1.54, 1.807) is 6.20 Å². The summed E-state index contributed by atoms with van der Waals surface area (Å²) < 4.78 is 0. The van der Waals surface area contributed by atoms with Gasteiger partial charge in [0.05, 0.1) is 11.0 Å². The second kappa shape index (κ2) is 18.4. The number of anilines is 1. The molecule has 200 valence electrons. The number of hydrogen-bond acceptors (Lipinski definition) is 3. The number of aromatic nitrogens is 2. The van der Waals surface area contributed by atoms with Gasteiger partial charge in [-0.05, 0) is 69.6 Å². The lowest BCUT2D eigenvalue weighted by Crippen LogP contribution is -2.20. The number of benzene rings is 3. The zero-order valence-corrected chi connectivity index (χ0v) is 23.1. The summed E-state index contributed by atoms with van der Waals surface area (Å²) in [5.41, 5.74) is 5.64. The first kappa shape index (κ1) is 30.3. The Morgan fingerprint density at radius 1 is 0.842 bits per heavy atom. The molecule has 0 amide bonds. The van der Waals surface area contributed by atoms with Gasteiger partial charge in [0.1, 0.15) is 5.82 Å². The summed E-state index contributed by atoms with van der Waals surface area (Å²) in [5, 5.41) is 6.35. The van der Waals surface area contributed by atoms with E-state index in [1.165, 1.54) is 30.4 Å². The highest BCUT2D eigenvalue weighted by Gasteiger charge is 2.01. The first-order valence-corrected chi connectivity index (χ1v) is 13.5. The number of fused-ring (bicyclic) bond motifs is 1. The van der Waals surface area contributed by atoms with Crippen LogP contribution in [0.15, 0.2) is 117 Å². The van der Waals surface area contributed by atoms with Gasteiger partial charge in [0.15, 0.2) is 0 Å². The molecule has 4 heteroatoms. The Hall–Kier alpha value is -3.89. The number of aryl methyl sites for hydroxylation is 1. The van der Waals surface area contributed by atoms with Crippen LogP contribution < -0.4 is 10.6 Å². The Morgan fingerprint density at radius 2 is 1.53 bits per heavy atom. The van der Waals surface area contributed by atoms with Crippen molar-refractivity contribution in [3.63, 3.8) is 0 Å². The number of nitrogens with zero attached hydrogens (tertiary/aromatic N) is 1. The molecule has 1 heterocycles. The van der Waals surface area contributed by atoms with Crippen LogP contribution in [0, 0.1) is 0 Å². The molecule has 0 aliphatic rings. The number of hydrogen-bond donors (Lipinski definition) is 3. The lowest BCUT2D eigenvalue weighted by molar-refractivity contribution is 0.530. The van der Waals surface area contributed by atoms with Crippen LogP contribution in [0.5, 0.6) is 0 Å².